The van der Waals surface area contributed by atoms with E-state index in [0.717, 1.165) is 4.48 Å². The van der Waals surface area contributed by atoms with Crippen LogP contribution < -0.4 is 4.48 Å². The average molecular weight is 209 g/mol. The fourth-order valence-corrected chi connectivity index (χ4v) is 1.32. The molecule has 0 unspecified atom stereocenters. The predicted octanol–water partition coefficient (Wildman–Crippen LogP) is 1.17. The van der Waals surface area contributed by atoms with Crippen molar-refractivity contribution in [2.75, 3.05) is 0 Å². The van der Waals surface area contributed by atoms with E-state index in [1.165, 1.54) is 5.56 Å². The van der Waals surface area contributed by atoms with E-state index in [9.17, 15) is 0 Å². The fourth-order valence-electron chi connectivity index (χ4n) is 0.885. The minimum absolute atomic E-state index is 0.234. The Balaban J connectivity index is 3.06. The van der Waals surface area contributed by atoms with Gasteiger partial charge < -0.3 is 0 Å². The molecule has 2 heteroatoms. The van der Waals surface area contributed by atoms with Gasteiger partial charge in [0.25, 0.3) is 0 Å². The van der Waals surface area contributed by atoms with E-state index in [1.807, 2.05) is 6.20 Å². The molecule has 0 N–H and O–H groups in total. The molecule has 58 valence electrons. The van der Waals surface area contributed by atoms with Gasteiger partial charge in [0.05, 0.1) is 0 Å². The van der Waals surface area contributed by atoms with E-state index in [1.54, 1.807) is 0 Å². The van der Waals surface area contributed by atoms with Crippen LogP contribution in [0.15, 0.2) is 18.3 Å². The molecule has 0 aliphatic carbocycles. The molecule has 1 nitrogen and oxygen atoms in total. The van der Waals surface area contributed by atoms with E-state index in [4.69, 9.17) is 0 Å². The molecule has 1 aromatic rings. The normalized spacial score (nSPS) is 11.6. The van der Waals surface area contributed by atoms with Gasteiger partial charge in [-0.25, -0.2) is 0 Å². The number of rotatable bonds is 0. The number of aromatic nitrogens is 1. The molecule has 1 aromatic heterocycles. The molecule has 0 spiro atoms. The Morgan fingerprint density at radius 3 is 2.36 bits per heavy atom. The molecule has 0 saturated carbocycles. The minimum atomic E-state index is 0.234. The maximum atomic E-state index is 4.13. The molecule has 0 aliphatic rings. The Bertz CT molecular complexity index is 250. The summed E-state index contributed by atoms with van der Waals surface area (Å²) in [6.07, 6.45) is 1.86. The van der Waals surface area contributed by atoms with Crippen molar-refractivity contribution in [1.29, 1.82) is 0 Å². The molecule has 1 rings (SSSR count). The summed E-state index contributed by atoms with van der Waals surface area (Å²) >= 11 is 2.46. The third-order valence-corrected chi connectivity index (χ3v) is 2.12. The molecule has 1 heterocycles. The summed E-state index contributed by atoms with van der Waals surface area (Å²) < 4.78 is 1.03. The van der Waals surface area contributed by atoms with Gasteiger partial charge >= 0.3 is 76.4 Å². The van der Waals surface area contributed by atoms with Gasteiger partial charge in [-0.1, -0.05) is 0 Å². The molecular weight excluding hydrogens is 197 g/mol. The molecular formula is C9H12AsN. The summed E-state index contributed by atoms with van der Waals surface area (Å²) in [5.74, 6) is 0. The summed E-state index contributed by atoms with van der Waals surface area (Å²) in [5.41, 5.74) is 1.57. The monoisotopic (exact) mass is 209 g/mol. The van der Waals surface area contributed by atoms with Crippen LogP contribution in [0.2, 0.25) is 0 Å². The van der Waals surface area contributed by atoms with Crippen molar-refractivity contribution in [2.45, 2.75) is 26.2 Å². The molecule has 0 atom stereocenters. The van der Waals surface area contributed by atoms with Gasteiger partial charge in [-0.15, -0.1) is 0 Å². The van der Waals surface area contributed by atoms with Crippen molar-refractivity contribution in [1.82, 2.24) is 4.98 Å². The molecule has 0 fully saturated rings. The van der Waals surface area contributed by atoms with E-state index >= 15 is 0 Å². The number of hydrogen-bond acceptors (Lipinski definition) is 1. The second kappa shape index (κ2) is 2.98. The third-order valence-electron chi connectivity index (χ3n) is 1.61. The Morgan fingerprint density at radius 2 is 2.00 bits per heavy atom. The summed E-state index contributed by atoms with van der Waals surface area (Å²) in [7, 11) is 0. The van der Waals surface area contributed by atoms with E-state index in [2.05, 4.69) is 54.7 Å². The van der Waals surface area contributed by atoms with E-state index < -0.39 is 0 Å². The van der Waals surface area contributed by atoms with Crippen LogP contribution in [0.1, 0.15) is 26.3 Å². The summed E-state index contributed by atoms with van der Waals surface area (Å²) in [4.78, 5) is 4.13. The summed E-state index contributed by atoms with van der Waals surface area (Å²) in [5, 5.41) is 0. The quantitative estimate of drug-likeness (QED) is 0.584. The van der Waals surface area contributed by atoms with Crippen molar-refractivity contribution in [3.63, 3.8) is 0 Å². The first-order chi connectivity index (χ1) is 5.00. The van der Waals surface area contributed by atoms with Crippen LogP contribution in [0.25, 0.3) is 0 Å². The average Bonchev–Trinajstić information content (AvgIpc) is 1.86. The van der Waals surface area contributed by atoms with Gasteiger partial charge in [0, 0.05) is 0 Å². The zero-order valence-corrected chi connectivity index (χ0v) is 9.00. The topological polar surface area (TPSA) is 12.9 Å². The van der Waals surface area contributed by atoms with Gasteiger partial charge in [0.1, 0.15) is 0 Å². The first-order valence-electron chi connectivity index (χ1n) is 3.65. The van der Waals surface area contributed by atoms with Crippen molar-refractivity contribution in [3.05, 3.63) is 23.9 Å². The molecule has 0 aromatic carbocycles. The fraction of sp³-hybridized carbons (Fsp3) is 0.444. The van der Waals surface area contributed by atoms with E-state index in [-0.39, 0.29) is 5.41 Å². The van der Waals surface area contributed by atoms with Crippen LogP contribution in [0, 0.1) is 0 Å². The van der Waals surface area contributed by atoms with Crippen LogP contribution in [0.3, 0.4) is 0 Å². The Morgan fingerprint density at radius 1 is 1.36 bits per heavy atom. The van der Waals surface area contributed by atoms with Gasteiger partial charge in [-0.2, -0.15) is 0 Å². The maximum absolute atomic E-state index is 4.13. The number of pyridine rings is 1. The number of hydrogen-bond donors (Lipinski definition) is 0. The standard InChI is InChI=1S/C9H12AsN/c1-9(2,3)7-4-5-11-8(10)6-7/h4-6H,1-3H3. The van der Waals surface area contributed by atoms with Crippen LogP contribution in [-0.2, 0) is 5.41 Å². The molecule has 0 bridgehead atoms. The summed E-state index contributed by atoms with van der Waals surface area (Å²) in [6.45, 7) is 6.61. The zero-order valence-electron chi connectivity index (χ0n) is 7.13. The van der Waals surface area contributed by atoms with Crippen LogP contribution in [-0.4, -0.2) is 21.8 Å². The predicted molar refractivity (Wildman–Crippen MR) is 48.3 cm³/mol. The molecule has 0 amide bonds. The molecule has 0 saturated heterocycles. The van der Waals surface area contributed by atoms with Crippen LogP contribution in [0.5, 0.6) is 0 Å². The zero-order chi connectivity index (χ0) is 8.48. The Labute approximate surface area is 76.7 Å². The SMILES string of the molecule is CC(C)(C)c1ccnc([As])c1. The van der Waals surface area contributed by atoms with E-state index in [0.29, 0.717) is 0 Å². The second-order valence-corrected chi connectivity index (χ2v) is 4.61. The first kappa shape index (κ1) is 8.80. The first-order valence-corrected chi connectivity index (χ1v) is 4.59. The van der Waals surface area contributed by atoms with Gasteiger partial charge in [-0.3, -0.25) is 0 Å². The Kier molecular flexibility index (Phi) is 2.39. The van der Waals surface area contributed by atoms with Gasteiger partial charge in [0.15, 0.2) is 0 Å². The van der Waals surface area contributed by atoms with Crippen molar-refractivity contribution in [2.24, 2.45) is 0 Å². The second-order valence-electron chi connectivity index (χ2n) is 3.65. The van der Waals surface area contributed by atoms with Crippen molar-refractivity contribution in [3.8, 4) is 0 Å². The summed E-state index contributed by atoms with van der Waals surface area (Å²) in [6, 6.07) is 4.18. The molecule has 0 aliphatic heterocycles. The van der Waals surface area contributed by atoms with Crippen LogP contribution in [0.4, 0.5) is 0 Å². The van der Waals surface area contributed by atoms with Crippen molar-refractivity contribution < 1.29 is 0 Å². The van der Waals surface area contributed by atoms with Gasteiger partial charge in [-0.05, 0) is 0 Å². The van der Waals surface area contributed by atoms with Crippen molar-refractivity contribution >= 4 is 21.3 Å². The van der Waals surface area contributed by atoms with Gasteiger partial charge in [0.2, 0.25) is 0 Å². The molecule has 11 heavy (non-hydrogen) atoms. The third kappa shape index (κ3) is 2.34. The molecule has 2 radical (unpaired) electrons. The Hall–Kier alpha value is -0.292. The van der Waals surface area contributed by atoms with Crippen LogP contribution >= 0.6 is 0 Å². The number of nitrogens with zero attached hydrogens (tertiary/aromatic N) is 1.